The molecular weight excluding hydrogens is 861 g/mol. The number of carbonyl (C=O) groups is 7. The second-order valence-electron chi connectivity index (χ2n) is 13.4. The Balaban J connectivity index is 1.67. The zero-order valence-electron chi connectivity index (χ0n) is 35.7. The molecule has 66 heavy (non-hydrogen) atoms. The Bertz CT molecular complexity index is 2360. The van der Waals surface area contributed by atoms with Gasteiger partial charge in [-0.25, -0.2) is 43.3 Å². The zero-order valence-corrected chi connectivity index (χ0v) is 35.7. The van der Waals surface area contributed by atoms with Gasteiger partial charge in [0.2, 0.25) is 0 Å². The van der Waals surface area contributed by atoms with E-state index < -0.39 is 47.3 Å². The van der Waals surface area contributed by atoms with Crippen LogP contribution in [0.4, 0.5) is 0 Å². The molecule has 0 saturated heterocycles. The van der Waals surface area contributed by atoms with Gasteiger partial charge in [-0.1, -0.05) is 38.4 Å². The molecule has 0 amide bonds. The first kappa shape index (κ1) is 50.2. The lowest BCUT2D eigenvalue weighted by atomic mass is 9.94. The van der Waals surface area contributed by atoms with Crippen LogP contribution in [0.2, 0.25) is 0 Å². The minimum atomic E-state index is -1.14. The number of rotatable bonds is 27. The second kappa shape index (κ2) is 26.9. The fourth-order valence-corrected chi connectivity index (χ4v) is 5.48. The van der Waals surface area contributed by atoms with Crippen molar-refractivity contribution in [3.63, 3.8) is 0 Å². The highest BCUT2D eigenvalue weighted by molar-refractivity contribution is 6.10. The molecule has 0 aromatic heterocycles. The maximum absolute atomic E-state index is 14.3. The fourth-order valence-electron chi connectivity index (χ4n) is 5.48. The number of esters is 5. The third-order valence-corrected chi connectivity index (χ3v) is 8.74. The van der Waals surface area contributed by atoms with Crippen LogP contribution in [0.25, 0.3) is 11.1 Å². The van der Waals surface area contributed by atoms with Crippen molar-refractivity contribution in [2.24, 2.45) is 0 Å². The summed E-state index contributed by atoms with van der Waals surface area (Å²) in [6.07, 6.45) is 7.61. The lowest BCUT2D eigenvalue weighted by Gasteiger charge is -2.18. The summed E-state index contributed by atoms with van der Waals surface area (Å²) in [5.74, 6) is -5.65. The van der Waals surface area contributed by atoms with Crippen molar-refractivity contribution in [1.82, 2.24) is 0 Å². The highest BCUT2D eigenvalue weighted by Crippen LogP contribution is 2.36. The van der Waals surface area contributed by atoms with E-state index in [2.05, 4.69) is 36.1 Å². The van der Waals surface area contributed by atoms with Crippen LogP contribution in [0, 0.1) is 0 Å². The van der Waals surface area contributed by atoms with Gasteiger partial charge in [-0.15, -0.1) is 0 Å². The summed E-state index contributed by atoms with van der Waals surface area (Å²) in [5, 5.41) is 0. The van der Waals surface area contributed by atoms with Gasteiger partial charge in [0.1, 0.15) is 22.8 Å². The van der Waals surface area contributed by atoms with Crippen LogP contribution in [0.5, 0.6) is 28.7 Å². The summed E-state index contributed by atoms with van der Waals surface area (Å²) >= 11 is 0. The summed E-state index contributed by atoms with van der Waals surface area (Å²) in [5.41, 5.74) is -0.199. The van der Waals surface area contributed by atoms with E-state index in [1.165, 1.54) is 60.7 Å². The summed E-state index contributed by atoms with van der Waals surface area (Å²) in [4.78, 5) is 107. The average Bonchev–Trinajstić information content (AvgIpc) is 3.34. The van der Waals surface area contributed by atoms with Crippen molar-refractivity contribution in [2.45, 2.75) is 38.5 Å². The molecule has 17 nitrogen and oxygen atoms in total. The SMILES string of the molecule is C=CC(=O)OCCCCCCOc1ccc(-c2ccc(OC(=O)c3ccc(OOC(=O)C=C)cc3)c(C(=O)Oc3ccc(OOC(=O)C=C)cc3)c2C(=O)OCCCCOC(=O)C=C)cc1. The Morgan fingerprint density at radius 1 is 0.409 bits per heavy atom. The number of unbranched alkanes of at least 4 members (excludes halogenated alkanes) is 4. The molecule has 0 spiro atoms. The number of ether oxygens (including phenoxy) is 6. The topological polar surface area (TPSA) is 212 Å². The number of hydrogen-bond acceptors (Lipinski definition) is 17. The maximum atomic E-state index is 14.3. The molecule has 0 aliphatic heterocycles. The first-order valence-corrected chi connectivity index (χ1v) is 20.3. The molecule has 0 atom stereocenters. The van der Waals surface area contributed by atoms with Crippen LogP contribution >= 0.6 is 0 Å². The van der Waals surface area contributed by atoms with Gasteiger partial charge in [0.15, 0.2) is 11.5 Å². The average molecular weight is 907 g/mol. The van der Waals surface area contributed by atoms with Gasteiger partial charge in [-0.3, -0.25) is 9.78 Å². The van der Waals surface area contributed by atoms with E-state index in [0.717, 1.165) is 43.6 Å². The van der Waals surface area contributed by atoms with Crippen LogP contribution in [0.1, 0.15) is 69.6 Å². The number of carbonyl (C=O) groups excluding carboxylic acids is 7. The predicted octanol–water partition coefficient (Wildman–Crippen LogP) is 8.17. The Morgan fingerprint density at radius 2 is 0.879 bits per heavy atom. The molecule has 0 unspecified atom stereocenters. The van der Waals surface area contributed by atoms with Crippen molar-refractivity contribution < 1.29 is 81.5 Å². The second-order valence-corrected chi connectivity index (χ2v) is 13.4. The highest BCUT2D eigenvalue weighted by atomic mass is 17.2. The third-order valence-electron chi connectivity index (χ3n) is 8.74. The maximum Gasteiger partial charge on any atom is 0.378 e. The van der Waals surface area contributed by atoms with E-state index in [0.29, 0.717) is 37.4 Å². The lowest BCUT2D eigenvalue weighted by molar-refractivity contribution is -0.207. The van der Waals surface area contributed by atoms with Crippen LogP contribution in [-0.2, 0) is 43.2 Å². The van der Waals surface area contributed by atoms with E-state index in [1.807, 2.05) is 0 Å². The van der Waals surface area contributed by atoms with Crippen molar-refractivity contribution in [3.05, 3.63) is 152 Å². The molecule has 0 aliphatic carbocycles. The number of benzene rings is 4. The van der Waals surface area contributed by atoms with Gasteiger partial charge in [0.25, 0.3) is 0 Å². The van der Waals surface area contributed by atoms with E-state index >= 15 is 0 Å². The quantitative estimate of drug-likeness (QED) is 0.0105. The van der Waals surface area contributed by atoms with Crippen molar-refractivity contribution in [1.29, 1.82) is 0 Å². The first-order valence-electron chi connectivity index (χ1n) is 20.3. The predicted molar refractivity (Wildman–Crippen MR) is 234 cm³/mol. The summed E-state index contributed by atoms with van der Waals surface area (Å²) in [6.45, 7) is 13.9. The zero-order chi connectivity index (χ0) is 47.7. The molecule has 0 bridgehead atoms. The Morgan fingerprint density at radius 3 is 1.42 bits per heavy atom. The normalized spacial score (nSPS) is 10.2. The van der Waals surface area contributed by atoms with Gasteiger partial charge in [-0.05, 0) is 122 Å². The monoisotopic (exact) mass is 906 g/mol. The number of hydrogen-bond donors (Lipinski definition) is 0. The molecule has 0 aliphatic rings. The van der Waals surface area contributed by atoms with Crippen molar-refractivity contribution in [3.8, 4) is 39.9 Å². The standard InChI is InChI=1S/C49H46O17/c1-5-41(50)58-30-12-10-9-11-29-57-35-19-15-33(16-20-35)39-27-28-40(62-47(54)34-17-21-37(22-18-34)63-65-43(52)7-3)46(45(39)48(55)60-32-14-13-31-59-42(51)6-2)49(56)61-36-23-25-38(26-24-36)64-66-44(53)8-4/h5-8,15-28H,1-4,9-14,29-32H2. The molecule has 0 N–H and O–H groups in total. The van der Waals surface area contributed by atoms with E-state index in [4.69, 9.17) is 38.2 Å². The molecule has 0 fully saturated rings. The lowest BCUT2D eigenvalue weighted by Crippen LogP contribution is -2.21. The van der Waals surface area contributed by atoms with Gasteiger partial charge < -0.3 is 28.4 Å². The van der Waals surface area contributed by atoms with Gasteiger partial charge in [0.05, 0.1) is 37.6 Å². The highest BCUT2D eigenvalue weighted by Gasteiger charge is 2.30. The molecule has 0 heterocycles. The molecule has 0 saturated carbocycles. The summed E-state index contributed by atoms with van der Waals surface area (Å²) in [6, 6.07) is 20.0. The third kappa shape index (κ3) is 16.3. The van der Waals surface area contributed by atoms with Gasteiger partial charge >= 0.3 is 41.8 Å². The Kier molecular flexibility index (Phi) is 20.4. The molecule has 4 aromatic carbocycles. The molecule has 0 radical (unpaired) electrons. The smallest absolute Gasteiger partial charge is 0.378 e. The van der Waals surface area contributed by atoms with Crippen LogP contribution < -0.4 is 24.0 Å². The van der Waals surface area contributed by atoms with E-state index in [9.17, 15) is 33.6 Å². The molecule has 4 aromatic rings. The fraction of sp³-hybridized carbons (Fsp3) is 0.204. The summed E-state index contributed by atoms with van der Waals surface area (Å²) in [7, 11) is 0. The largest absolute Gasteiger partial charge is 0.494 e. The van der Waals surface area contributed by atoms with Crippen molar-refractivity contribution >= 4 is 41.8 Å². The molecule has 344 valence electrons. The molecule has 4 rings (SSSR count). The minimum Gasteiger partial charge on any atom is -0.494 e. The summed E-state index contributed by atoms with van der Waals surface area (Å²) < 4.78 is 33.0. The van der Waals surface area contributed by atoms with Crippen LogP contribution in [-0.4, -0.2) is 68.2 Å². The van der Waals surface area contributed by atoms with Crippen LogP contribution in [0.3, 0.4) is 0 Å². The van der Waals surface area contributed by atoms with E-state index in [1.54, 1.807) is 24.3 Å². The van der Waals surface area contributed by atoms with Crippen LogP contribution in [0.15, 0.2) is 136 Å². The Hall–Kier alpha value is -8.47. The molecular formula is C49H46O17. The van der Waals surface area contributed by atoms with Gasteiger partial charge in [-0.2, -0.15) is 0 Å². The molecule has 17 heteroatoms. The van der Waals surface area contributed by atoms with Gasteiger partial charge in [0, 0.05) is 24.3 Å². The Labute approximate surface area is 379 Å². The minimum absolute atomic E-state index is 0.0283. The van der Waals surface area contributed by atoms with E-state index in [-0.39, 0.29) is 59.3 Å². The van der Waals surface area contributed by atoms with Crippen molar-refractivity contribution in [2.75, 3.05) is 26.4 Å². The first-order chi connectivity index (χ1) is 32.0.